The van der Waals surface area contributed by atoms with Crippen molar-refractivity contribution in [1.82, 2.24) is 9.78 Å². The minimum Gasteiger partial charge on any atom is -0.299 e. The van der Waals surface area contributed by atoms with Crippen LogP contribution in [0.2, 0.25) is 0 Å². The van der Waals surface area contributed by atoms with Crippen LogP contribution in [0.3, 0.4) is 0 Å². The van der Waals surface area contributed by atoms with Gasteiger partial charge < -0.3 is 0 Å². The van der Waals surface area contributed by atoms with Crippen LogP contribution in [0.4, 0.5) is 0 Å². The summed E-state index contributed by atoms with van der Waals surface area (Å²) in [5.74, 6) is 0.913. The first-order valence-corrected chi connectivity index (χ1v) is 5.78. The minimum atomic E-state index is 0.162. The van der Waals surface area contributed by atoms with Crippen molar-refractivity contribution in [3.63, 3.8) is 0 Å². The van der Waals surface area contributed by atoms with Crippen LogP contribution in [0.25, 0.3) is 0 Å². The lowest BCUT2D eigenvalue weighted by molar-refractivity contribution is 0.617. The van der Waals surface area contributed by atoms with E-state index in [1.165, 1.54) is 0 Å². The molecule has 0 saturated heterocycles. The molecule has 0 aliphatic rings. The summed E-state index contributed by atoms with van der Waals surface area (Å²) in [5.41, 5.74) is 2.24. The van der Waals surface area contributed by atoms with E-state index in [1.807, 2.05) is 6.92 Å². The van der Waals surface area contributed by atoms with E-state index < -0.39 is 0 Å². The van der Waals surface area contributed by atoms with Gasteiger partial charge in [0.05, 0.1) is 0 Å². The molecule has 0 amide bonds. The first-order chi connectivity index (χ1) is 6.97. The molecule has 86 valence electrons. The topological polar surface area (TPSA) is 37.8 Å². The maximum absolute atomic E-state index is 12.0. The quantitative estimate of drug-likeness (QED) is 0.814. The van der Waals surface area contributed by atoms with E-state index in [2.05, 4.69) is 32.8 Å². The van der Waals surface area contributed by atoms with Gasteiger partial charge in [0.15, 0.2) is 0 Å². The number of H-pyrrole nitrogens is 1. The summed E-state index contributed by atoms with van der Waals surface area (Å²) < 4.78 is 1.70. The average Bonchev–Trinajstić information content (AvgIpc) is 2.43. The van der Waals surface area contributed by atoms with Crippen molar-refractivity contribution in [2.45, 2.75) is 53.5 Å². The number of aromatic nitrogens is 2. The predicted molar refractivity (Wildman–Crippen MR) is 63.4 cm³/mol. The second-order valence-corrected chi connectivity index (χ2v) is 4.81. The number of rotatable bonds is 4. The number of aromatic amines is 1. The van der Waals surface area contributed by atoms with Crippen molar-refractivity contribution < 1.29 is 0 Å². The maximum atomic E-state index is 12.0. The van der Waals surface area contributed by atoms with Crippen molar-refractivity contribution in [3.05, 3.63) is 21.6 Å². The molecule has 15 heavy (non-hydrogen) atoms. The molecule has 1 N–H and O–H groups in total. The molecule has 1 heterocycles. The lowest BCUT2D eigenvalue weighted by Crippen LogP contribution is -2.19. The number of hydrogen-bond donors (Lipinski definition) is 1. The summed E-state index contributed by atoms with van der Waals surface area (Å²) in [4.78, 5) is 12.0. The van der Waals surface area contributed by atoms with Crippen molar-refractivity contribution in [1.29, 1.82) is 0 Å². The van der Waals surface area contributed by atoms with Crippen LogP contribution < -0.4 is 5.56 Å². The number of nitrogens with one attached hydrogen (secondary N) is 1. The molecule has 0 saturated carbocycles. The normalized spacial score (nSPS) is 11.7. The Morgan fingerprint density at radius 1 is 1.27 bits per heavy atom. The monoisotopic (exact) mass is 210 g/mol. The van der Waals surface area contributed by atoms with Crippen LogP contribution in [0.5, 0.6) is 0 Å². The molecular weight excluding hydrogens is 188 g/mol. The first kappa shape index (κ1) is 12.1. The highest BCUT2D eigenvalue weighted by atomic mass is 16.1. The molecule has 1 aromatic heterocycles. The number of nitrogens with zero attached hydrogens (tertiary/aromatic N) is 1. The molecule has 3 nitrogen and oxygen atoms in total. The fourth-order valence-corrected chi connectivity index (χ4v) is 1.85. The lowest BCUT2D eigenvalue weighted by Gasteiger charge is -2.07. The molecule has 3 heteroatoms. The number of hydrogen-bond acceptors (Lipinski definition) is 1. The number of aryl methyl sites for hydroxylation is 1. The second-order valence-electron chi connectivity index (χ2n) is 4.81. The Labute approximate surface area is 91.5 Å². The van der Waals surface area contributed by atoms with E-state index in [0.717, 1.165) is 24.2 Å². The predicted octanol–water partition coefficient (Wildman–Crippen LogP) is 2.52. The third kappa shape index (κ3) is 2.52. The van der Waals surface area contributed by atoms with Crippen molar-refractivity contribution in [2.24, 2.45) is 5.92 Å². The Morgan fingerprint density at radius 3 is 2.27 bits per heavy atom. The van der Waals surface area contributed by atoms with Gasteiger partial charge in [-0.1, -0.05) is 27.7 Å². The van der Waals surface area contributed by atoms with E-state index in [0.29, 0.717) is 11.8 Å². The summed E-state index contributed by atoms with van der Waals surface area (Å²) in [6.07, 6.45) is 0.871. The zero-order valence-corrected chi connectivity index (χ0v) is 10.4. The SMILES string of the molecule is CCn1[nH]c(C(C)C)c(CC(C)C)c1=O. The average molecular weight is 210 g/mol. The van der Waals surface area contributed by atoms with Gasteiger partial charge in [0.1, 0.15) is 0 Å². The molecule has 0 unspecified atom stereocenters. The zero-order valence-electron chi connectivity index (χ0n) is 10.4. The lowest BCUT2D eigenvalue weighted by atomic mass is 9.98. The van der Waals surface area contributed by atoms with Crippen molar-refractivity contribution in [2.75, 3.05) is 0 Å². The van der Waals surface area contributed by atoms with Crippen molar-refractivity contribution >= 4 is 0 Å². The van der Waals surface area contributed by atoms with Crippen LogP contribution >= 0.6 is 0 Å². The van der Waals surface area contributed by atoms with Gasteiger partial charge in [-0.15, -0.1) is 0 Å². The molecule has 0 bridgehead atoms. The Kier molecular flexibility index (Phi) is 3.77. The smallest absolute Gasteiger partial charge is 0.269 e. The van der Waals surface area contributed by atoms with Gasteiger partial charge in [0, 0.05) is 17.8 Å². The summed E-state index contributed by atoms with van der Waals surface area (Å²) in [5, 5.41) is 3.21. The molecule has 1 aromatic rings. The summed E-state index contributed by atoms with van der Waals surface area (Å²) in [6, 6.07) is 0. The molecule has 0 aliphatic carbocycles. The molecular formula is C12H22N2O. The van der Waals surface area contributed by atoms with Gasteiger partial charge in [0.2, 0.25) is 0 Å². The van der Waals surface area contributed by atoms with Crippen LogP contribution in [0.15, 0.2) is 4.79 Å². The van der Waals surface area contributed by atoms with E-state index >= 15 is 0 Å². The molecule has 0 spiro atoms. The fourth-order valence-electron chi connectivity index (χ4n) is 1.85. The molecule has 0 aliphatic heterocycles. The van der Waals surface area contributed by atoms with Gasteiger partial charge in [-0.2, -0.15) is 0 Å². The molecule has 0 radical (unpaired) electrons. The van der Waals surface area contributed by atoms with Crippen LogP contribution in [0.1, 0.15) is 51.8 Å². The molecule has 0 fully saturated rings. The van der Waals surface area contributed by atoms with E-state index in [-0.39, 0.29) is 5.56 Å². The third-order valence-corrected chi connectivity index (χ3v) is 2.59. The highest BCUT2D eigenvalue weighted by molar-refractivity contribution is 5.21. The van der Waals surface area contributed by atoms with Gasteiger partial charge >= 0.3 is 0 Å². The van der Waals surface area contributed by atoms with Gasteiger partial charge in [-0.3, -0.25) is 14.6 Å². The third-order valence-electron chi connectivity index (χ3n) is 2.59. The summed E-state index contributed by atoms with van der Waals surface area (Å²) in [7, 11) is 0. The summed E-state index contributed by atoms with van der Waals surface area (Å²) in [6.45, 7) is 11.2. The highest BCUT2D eigenvalue weighted by Crippen LogP contribution is 2.17. The first-order valence-electron chi connectivity index (χ1n) is 5.78. The fraction of sp³-hybridized carbons (Fsp3) is 0.750. The van der Waals surface area contributed by atoms with Gasteiger partial charge in [-0.05, 0) is 25.2 Å². The van der Waals surface area contributed by atoms with Crippen LogP contribution in [-0.2, 0) is 13.0 Å². The van der Waals surface area contributed by atoms with Gasteiger partial charge in [0.25, 0.3) is 5.56 Å². The maximum Gasteiger partial charge on any atom is 0.269 e. The molecule has 1 rings (SSSR count). The Bertz CT molecular complexity index is 371. The zero-order chi connectivity index (χ0) is 11.6. The minimum absolute atomic E-state index is 0.162. The van der Waals surface area contributed by atoms with Crippen LogP contribution in [0, 0.1) is 5.92 Å². The Balaban J connectivity index is 3.20. The molecule has 0 atom stereocenters. The molecule has 0 aromatic carbocycles. The summed E-state index contributed by atoms with van der Waals surface area (Å²) >= 11 is 0. The van der Waals surface area contributed by atoms with E-state index in [9.17, 15) is 4.79 Å². The largest absolute Gasteiger partial charge is 0.299 e. The van der Waals surface area contributed by atoms with E-state index in [4.69, 9.17) is 0 Å². The Hall–Kier alpha value is -0.990. The van der Waals surface area contributed by atoms with Crippen molar-refractivity contribution in [3.8, 4) is 0 Å². The van der Waals surface area contributed by atoms with Crippen LogP contribution in [-0.4, -0.2) is 9.78 Å². The standard InChI is InChI=1S/C12H22N2O/c1-6-14-12(15)10(7-8(2)3)11(13-14)9(4)5/h8-9,13H,6-7H2,1-5H3. The second kappa shape index (κ2) is 4.69. The van der Waals surface area contributed by atoms with E-state index in [1.54, 1.807) is 4.68 Å². The van der Waals surface area contributed by atoms with Gasteiger partial charge in [-0.25, -0.2) is 0 Å². The highest BCUT2D eigenvalue weighted by Gasteiger charge is 2.16. The Morgan fingerprint density at radius 2 is 1.87 bits per heavy atom.